The number of halogens is 4. The number of rotatable bonds is 25. The summed E-state index contributed by atoms with van der Waals surface area (Å²) >= 11 is 6.26. The first kappa shape index (κ1) is 64.9. The molecule has 392 valence electrons. The Morgan fingerprint density at radius 2 is 1.25 bits per heavy atom. The number of benzene rings is 2. The zero-order valence-electron chi connectivity index (χ0n) is 38.2. The number of nitrogens with one attached hydrogen (secondary N) is 4. The number of ether oxygens (including phenoxy) is 2. The molecule has 1 fully saturated rings. The Hall–Kier alpha value is -6.11. The van der Waals surface area contributed by atoms with Crippen LogP contribution in [0.2, 0.25) is 0 Å². The lowest BCUT2D eigenvalue weighted by Gasteiger charge is -2.24. The summed E-state index contributed by atoms with van der Waals surface area (Å²) < 4.78 is 47.1. The normalized spacial score (nSPS) is 13.9. The van der Waals surface area contributed by atoms with E-state index in [9.17, 15) is 71.9 Å². The molecule has 1 heterocycles. The van der Waals surface area contributed by atoms with Crippen molar-refractivity contribution in [2.24, 2.45) is 11.8 Å². The average molecular weight is 1140 g/mol. The molecule has 1 saturated heterocycles. The van der Waals surface area contributed by atoms with Crippen LogP contribution in [0.15, 0.2) is 45.3 Å². The van der Waals surface area contributed by atoms with Gasteiger partial charge in [-0.3, -0.25) is 47.9 Å². The number of carboxylic acid groups (broad SMARTS) is 3. The Balaban J connectivity index is 0.00000114. The second-order valence-electron chi connectivity index (χ2n) is 15.8. The van der Waals surface area contributed by atoms with Crippen molar-refractivity contribution in [1.29, 1.82) is 0 Å². The number of aliphatic carboxylic acids is 3. The quantitative estimate of drug-likeness (QED) is 0.0346. The van der Waals surface area contributed by atoms with E-state index in [1.54, 1.807) is 13.8 Å². The summed E-state index contributed by atoms with van der Waals surface area (Å²) in [4.78, 5) is 113. The molecule has 1 unspecified atom stereocenters. The molecule has 2 aromatic rings. The van der Waals surface area contributed by atoms with Crippen LogP contribution in [0.25, 0.3) is 0 Å². The van der Waals surface area contributed by atoms with Crippen LogP contribution in [0.1, 0.15) is 80.5 Å². The van der Waals surface area contributed by atoms with Crippen molar-refractivity contribution in [2.75, 3.05) is 19.7 Å². The summed E-state index contributed by atoms with van der Waals surface area (Å²) in [6.07, 6.45) is -2.15. The van der Waals surface area contributed by atoms with Gasteiger partial charge in [0.2, 0.25) is 11.8 Å². The molecule has 2 aromatic carbocycles. The molecule has 0 aromatic heterocycles. The van der Waals surface area contributed by atoms with Gasteiger partial charge >= 0.3 is 38.1 Å². The van der Waals surface area contributed by atoms with Crippen molar-refractivity contribution in [3.8, 4) is 0 Å². The fourth-order valence-electron chi connectivity index (χ4n) is 5.95. The smallest absolute Gasteiger partial charge is 0.506 e. The summed E-state index contributed by atoms with van der Waals surface area (Å²) in [6.45, 7) is 5.56. The molecule has 25 nitrogen and oxygen atoms in total. The van der Waals surface area contributed by atoms with Crippen molar-refractivity contribution in [3.63, 3.8) is 0 Å². The molecule has 0 spiro atoms. The fraction of sp³-hybridized carbons (Fsp3) is 0.450. The predicted molar refractivity (Wildman–Crippen MR) is 246 cm³/mol. The first-order chi connectivity index (χ1) is 32.6. The van der Waals surface area contributed by atoms with E-state index in [-0.39, 0.29) is 47.8 Å². The van der Waals surface area contributed by atoms with Gasteiger partial charge in [0.25, 0.3) is 30.5 Å². The minimum Gasteiger partial charge on any atom is -0.506 e. The highest BCUT2D eigenvalue weighted by atomic mass is 79.9. The number of amides is 4. The van der Waals surface area contributed by atoms with Gasteiger partial charge in [-0.15, -0.1) is 0 Å². The summed E-state index contributed by atoms with van der Waals surface area (Å²) in [7, 11) is -3.14. The zero-order chi connectivity index (χ0) is 53.5. The second-order valence-corrected chi connectivity index (χ2v) is 17.6. The Morgan fingerprint density at radius 1 is 0.789 bits per heavy atom. The van der Waals surface area contributed by atoms with E-state index >= 15 is 0 Å². The molecule has 0 radical (unpaired) electrons. The van der Waals surface area contributed by atoms with Gasteiger partial charge in [0.05, 0.1) is 48.9 Å². The van der Waals surface area contributed by atoms with E-state index in [1.165, 1.54) is 24.3 Å². The monoisotopic (exact) mass is 1140 g/mol. The maximum atomic E-state index is 13.9. The van der Waals surface area contributed by atoms with Gasteiger partial charge in [0.15, 0.2) is 12.2 Å². The van der Waals surface area contributed by atoms with Crippen molar-refractivity contribution < 1.29 is 111 Å². The lowest BCUT2D eigenvalue weighted by atomic mass is 9.74. The lowest BCUT2D eigenvalue weighted by molar-refractivity contribution is -0.220. The molecule has 4 amide bonds. The van der Waals surface area contributed by atoms with Gasteiger partial charge in [0.1, 0.15) is 18.1 Å². The van der Waals surface area contributed by atoms with Crippen LogP contribution in [-0.4, -0.2) is 154 Å². The molecule has 0 saturated carbocycles. The second kappa shape index (κ2) is 31.3. The molecular weight excluding hydrogens is 1090 g/mol. The first-order valence-corrected chi connectivity index (χ1v) is 22.0. The third-order valence-corrected chi connectivity index (χ3v) is 9.87. The molecule has 0 bridgehead atoms. The highest BCUT2D eigenvalue weighted by Crippen LogP contribution is 2.32. The molecule has 1 aliphatic heterocycles. The maximum absolute atomic E-state index is 13.9. The standard InChI is InChI=1S/C20H23BBrFN2O9.C14H19BBrFN2O4.C6H8O7.H2O/c1-10(2)5-14(21-33-19(32)20(34-21,7-16(27)28)8-17(29)30)25-15(26)9-24-18(31)12-6-11(22)3-4-13(12)23;1-8(2)5-12(15(22)23)19-13(20)7-18-14(21)10-6-9(16)3-4-11(10)17;7-3-12-2-6(11,13-4-8)1-5(9)10;/h3-4,6,10,14H,5,7-9H2,1-2H3,(H,24,31)(H,25,26)(H,27,28)(H,29,30);3-4,6,8,12,22-23H,5,7H2,1-2H3,(H,18,21)(H,19,20);3-4,11H,1-2H2,(H,9,10);1H2/t14-;12-;;/m00../s1. The average Bonchev–Trinajstić information content (AvgIpc) is 3.55. The van der Waals surface area contributed by atoms with E-state index in [4.69, 9.17) is 24.6 Å². The van der Waals surface area contributed by atoms with Gasteiger partial charge in [-0.1, -0.05) is 59.6 Å². The molecular formula is C40H52B2Br2F2N4O21. The SMILES string of the molecule is CC(C)C[C@H](NC(=O)CNC(=O)c1cc(Br)ccc1F)B(O)O.CC(C)C[C@H](NC(=O)CNC(=O)c1cc(Br)ccc1F)B1OC(=O)C(CC(=O)O)(CC(=O)O)O1.O.O=COCC(O)(CC(=O)O)OC=O. The van der Waals surface area contributed by atoms with Crippen LogP contribution in [0.3, 0.4) is 0 Å². The lowest BCUT2D eigenvalue weighted by Crippen LogP contribution is -2.51. The topological polar surface area (TPSA) is 409 Å². The number of hydrogen-bond acceptors (Lipinski definition) is 17. The Bertz CT molecular complexity index is 2180. The number of carboxylic acids is 3. The number of hydrogen-bond donors (Lipinski definition) is 10. The predicted octanol–water partition coefficient (Wildman–Crippen LogP) is -0.330. The van der Waals surface area contributed by atoms with Gasteiger partial charge in [0, 0.05) is 8.95 Å². The number of carbonyl (C=O) groups is 10. The number of carbonyl (C=O) groups excluding carboxylic acids is 7. The largest absolute Gasteiger partial charge is 0.552 e. The molecule has 1 aliphatic rings. The molecule has 3 rings (SSSR count). The van der Waals surface area contributed by atoms with E-state index in [0.29, 0.717) is 15.4 Å². The Labute approximate surface area is 420 Å². The van der Waals surface area contributed by atoms with Gasteiger partial charge in [-0.2, -0.15) is 0 Å². The minimum absolute atomic E-state index is 0. The van der Waals surface area contributed by atoms with Gasteiger partial charge in [-0.05, 0) is 61.1 Å². The van der Waals surface area contributed by atoms with E-state index < -0.39 is 136 Å². The zero-order valence-corrected chi connectivity index (χ0v) is 41.3. The van der Waals surface area contributed by atoms with Crippen molar-refractivity contribution in [3.05, 3.63) is 68.1 Å². The summed E-state index contributed by atoms with van der Waals surface area (Å²) in [6, 6.07) is 7.65. The van der Waals surface area contributed by atoms with E-state index in [1.807, 2.05) is 13.8 Å². The van der Waals surface area contributed by atoms with Crippen LogP contribution in [0, 0.1) is 23.5 Å². The summed E-state index contributed by atoms with van der Waals surface area (Å²) in [5.74, 6) is -13.8. The van der Waals surface area contributed by atoms with Crippen molar-refractivity contribution in [1.82, 2.24) is 21.3 Å². The van der Waals surface area contributed by atoms with Crippen LogP contribution in [0.4, 0.5) is 8.78 Å². The molecule has 3 atom stereocenters. The van der Waals surface area contributed by atoms with Gasteiger partial charge < -0.3 is 76.0 Å². The van der Waals surface area contributed by atoms with Crippen LogP contribution in [-0.2, 0) is 57.1 Å². The van der Waals surface area contributed by atoms with Crippen molar-refractivity contribution in [2.45, 2.75) is 83.1 Å². The molecule has 31 heteroatoms. The third kappa shape index (κ3) is 24.0. The minimum atomic E-state index is -2.30. The van der Waals surface area contributed by atoms with Crippen LogP contribution >= 0.6 is 31.9 Å². The Morgan fingerprint density at radius 3 is 1.65 bits per heavy atom. The summed E-state index contributed by atoms with van der Waals surface area (Å²) in [5, 5.41) is 63.7. The fourth-order valence-corrected chi connectivity index (χ4v) is 6.67. The van der Waals surface area contributed by atoms with Gasteiger partial charge in [-0.25, -0.2) is 8.78 Å². The van der Waals surface area contributed by atoms with E-state index in [2.05, 4.69) is 62.6 Å². The molecule has 71 heavy (non-hydrogen) atoms. The molecule has 0 aliphatic carbocycles. The van der Waals surface area contributed by atoms with Crippen LogP contribution < -0.4 is 21.3 Å². The highest BCUT2D eigenvalue weighted by Gasteiger charge is 2.58. The first-order valence-electron chi connectivity index (χ1n) is 20.4. The third-order valence-electron chi connectivity index (χ3n) is 8.88. The Kier molecular flexibility index (Phi) is 28.6. The van der Waals surface area contributed by atoms with Crippen molar-refractivity contribution >= 4 is 107 Å². The molecule has 12 N–H and O–H groups in total. The summed E-state index contributed by atoms with van der Waals surface area (Å²) in [5.41, 5.74) is -2.71. The maximum Gasteiger partial charge on any atom is 0.552 e. The highest BCUT2D eigenvalue weighted by molar-refractivity contribution is 9.10. The van der Waals surface area contributed by atoms with Crippen LogP contribution in [0.5, 0.6) is 0 Å². The number of aliphatic hydroxyl groups is 1. The van der Waals surface area contributed by atoms with E-state index in [0.717, 1.165) is 12.1 Å².